The number of amides is 1. The van der Waals surface area contributed by atoms with Gasteiger partial charge in [-0.25, -0.2) is 13.1 Å². The first-order valence-corrected chi connectivity index (χ1v) is 8.69. The fraction of sp³-hybridized carbons (Fsp3) is 0.533. The van der Waals surface area contributed by atoms with Gasteiger partial charge in [0.05, 0.1) is 4.90 Å². The zero-order valence-corrected chi connectivity index (χ0v) is 14.3. The summed E-state index contributed by atoms with van der Waals surface area (Å²) >= 11 is 0. The Bertz CT molecular complexity index is 681. The molecule has 0 aromatic heterocycles. The first kappa shape index (κ1) is 16.9. The number of hydrogen-bond donors (Lipinski definition) is 2. The molecule has 6 nitrogen and oxygen atoms in total. The van der Waals surface area contributed by atoms with Crippen molar-refractivity contribution >= 4 is 21.6 Å². The van der Waals surface area contributed by atoms with Crippen molar-refractivity contribution in [1.82, 2.24) is 9.62 Å². The molecule has 0 unspecified atom stereocenters. The number of benzene rings is 1. The van der Waals surface area contributed by atoms with Gasteiger partial charge in [0.1, 0.15) is 0 Å². The standard InChI is InChI=1S/C15H23N3O3S/c1-15(2)10-14(19)17-13-6-5-11(9-12(13)15)22(20,21)16-7-8-18(3)4/h5-6,9,16H,7-8,10H2,1-4H3,(H,17,19). The smallest absolute Gasteiger partial charge is 0.240 e. The van der Waals surface area contributed by atoms with E-state index in [-0.39, 0.29) is 16.2 Å². The third-order valence-corrected chi connectivity index (χ3v) is 5.22. The van der Waals surface area contributed by atoms with E-state index in [2.05, 4.69) is 10.0 Å². The lowest BCUT2D eigenvalue weighted by atomic mass is 9.78. The number of fused-ring (bicyclic) bond motifs is 1. The molecule has 0 saturated heterocycles. The first-order valence-electron chi connectivity index (χ1n) is 7.21. The number of carbonyl (C=O) groups excluding carboxylic acids is 1. The molecule has 2 rings (SSSR count). The van der Waals surface area contributed by atoms with Gasteiger partial charge >= 0.3 is 0 Å². The molecule has 122 valence electrons. The fourth-order valence-corrected chi connectivity index (χ4v) is 3.58. The summed E-state index contributed by atoms with van der Waals surface area (Å²) in [4.78, 5) is 13.8. The highest BCUT2D eigenvalue weighted by molar-refractivity contribution is 7.89. The molecule has 1 heterocycles. The van der Waals surface area contributed by atoms with Gasteiger partial charge in [0.15, 0.2) is 0 Å². The number of carbonyl (C=O) groups is 1. The number of nitrogens with one attached hydrogen (secondary N) is 2. The van der Waals surface area contributed by atoms with Crippen LogP contribution in [0.1, 0.15) is 25.8 Å². The highest BCUT2D eigenvalue weighted by Gasteiger charge is 2.33. The average Bonchev–Trinajstić information content (AvgIpc) is 2.36. The third-order valence-electron chi connectivity index (χ3n) is 3.76. The molecule has 1 aliphatic heterocycles. The normalized spacial score (nSPS) is 17.2. The Morgan fingerprint density at radius 3 is 2.64 bits per heavy atom. The molecule has 1 aromatic rings. The van der Waals surface area contributed by atoms with Crippen LogP contribution in [0.2, 0.25) is 0 Å². The monoisotopic (exact) mass is 325 g/mol. The van der Waals surface area contributed by atoms with E-state index < -0.39 is 10.0 Å². The minimum absolute atomic E-state index is 0.0442. The third kappa shape index (κ3) is 3.66. The summed E-state index contributed by atoms with van der Waals surface area (Å²) in [6.45, 7) is 4.87. The van der Waals surface area contributed by atoms with Crippen LogP contribution in [0.15, 0.2) is 23.1 Å². The molecule has 0 fully saturated rings. The zero-order chi connectivity index (χ0) is 16.5. The molecule has 0 bridgehead atoms. The molecule has 1 aliphatic rings. The minimum atomic E-state index is -3.54. The van der Waals surface area contributed by atoms with Gasteiger partial charge in [0.2, 0.25) is 15.9 Å². The van der Waals surface area contributed by atoms with Gasteiger partial charge in [-0.2, -0.15) is 0 Å². The van der Waals surface area contributed by atoms with Crippen LogP contribution in [-0.2, 0) is 20.2 Å². The van der Waals surface area contributed by atoms with Crippen molar-refractivity contribution in [3.8, 4) is 0 Å². The van der Waals surface area contributed by atoms with Gasteiger partial charge in [-0.3, -0.25) is 4.79 Å². The van der Waals surface area contributed by atoms with Gasteiger partial charge < -0.3 is 10.2 Å². The molecule has 22 heavy (non-hydrogen) atoms. The Hall–Kier alpha value is -1.44. The van der Waals surface area contributed by atoms with Gasteiger partial charge in [-0.05, 0) is 37.9 Å². The van der Waals surface area contributed by atoms with Crippen molar-refractivity contribution in [2.45, 2.75) is 30.6 Å². The van der Waals surface area contributed by atoms with Crippen LogP contribution in [-0.4, -0.2) is 46.4 Å². The minimum Gasteiger partial charge on any atom is -0.326 e. The molecule has 2 N–H and O–H groups in total. The largest absolute Gasteiger partial charge is 0.326 e. The Labute approximate surface area is 131 Å². The van der Waals surface area contributed by atoms with E-state index in [0.29, 0.717) is 25.2 Å². The Morgan fingerprint density at radius 1 is 1.32 bits per heavy atom. The van der Waals surface area contributed by atoms with Crippen molar-refractivity contribution < 1.29 is 13.2 Å². The van der Waals surface area contributed by atoms with E-state index in [0.717, 1.165) is 5.56 Å². The molecule has 0 aliphatic carbocycles. The van der Waals surface area contributed by atoms with E-state index in [4.69, 9.17) is 0 Å². The molecular formula is C15H23N3O3S. The molecule has 1 amide bonds. The van der Waals surface area contributed by atoms with Crippen molar-refractivity contribution in [3.63, 3.8) is 0 Å². The van der Waals surface area contributed by atoms with Gasteiger partial charge in [-0.1, -0.05) is 13.8 Å². The maximum atomic E-state index is 12.4. The number of anilines is 1. The molecule has 7 heteroatoms. The summed E-state index contributed by atoms with van der Waals surface area (Å²) in [7, 11) is 0.232. The van der Waals surface area contributed by atoms with Crippen molar-refractivity contribution in [3.05, 3.63) is 23.8 Å². The highest BCUT2D eigenvalue weighted by atomic mass is 32.2. The SMILES string of the molecule is CN(C)CCNS(=O)(=O)c1ccc2c(c1)C(C)(C)CC(=O)N2. The number of nitrogens with zero attached hydrogens (tertiary/aromatic N) is 1. The molecule has 0 radical (unpaired) electrons. The van der Waals surface area contributed by atoms with Crippen molar-refractivity contribution in [2.24, 2.45) is 0 Å². The second-order valence-corrected chi connectivity index (χ2v) is 8.28. The van der Waals surface area contributed by atoms with Crippen molar-refractivity contribution in [1.29, 1.82) is 0 Å². The van der Waals surface area contributed by atoms with Crippen LogP contribution in [0.4, 0.5) is 5.69 Å². The lowest BCUT2D eigenvalue weighted by Gasteiger charge is -2.32. The summed E-state index contributed by atoms with van der Waals surface area (Å²) < 4.78 is 27.3. The maximum absolute atomic E-state index is 12.4. The van der Waals surface area contributed by atoms with Gasteiger partial charge in [0.25, 0.3) is 0 Å². The van der Waals surface area contributed by atoms with Crippen LogP contribution in [0.5, 0.6) is 0 Å². The predicted molar refractivity (Wildman–Crippen MR) is 86.5 cm³/mol. The van der Waals surface area contributed by atoms with Gasteiger partial charge in [0, 0.05) is 30.6 Å². The van der Waals surface area contributed by atoms with E-state index in [1.165, 1.54) is 6.07 Å². The number of hydrogen-bond acceptors (Lipinski definition) is 4. The van der Waals surface area contributed by atoms with Crippen LogP contribution in [0.3, 0.4) is 0 Å². The van der Waals surface area contributed by atoms with Crippen molar-refractivity contribution in [2.75, 3.05) is 32.5 Å². The molecular weight excluding hydrogens is 302 g/mol. The Kier molecular flexibility index (Phi) is 4.60. The number of likely N-dealkylation sites (N-methyl/N-ethyl adjacent to an activating group) is 1. The Balaban J connectivity index is 2.29. The predicted octanol–water partition coefficient (Wildman–Crippen LogP) is 1.15. The maximum Gasteiger partial charge on any atom is 0.240 e. The van der Waals surface area contributed by atoms with E-state index in [1.54, 1.807) is 12.1 Å². The highest BCUT2D eigenvalue weighted by Crippen LogP contribution is 2.38. The van der Waals surface area contributed by atoms with Gasteiger partial charge in [-0.15, -0.1) is 0 Å². The second-order valence-electron chi connectivity index (χ2n) is 6.52. The zero-order valence-electron chi connectivity index (χ0n) is 13.4. The summed E-state index contributed by atoms with van der Waals surface area (Å²) in [6.07, 6.45) is 0.345. The van der Waals surface area contributed by atoms with E-state index in [9.17, 15) is 13.2 Å². The van der Waals surface area contributed by atoms with E-state index in [1.807, 2.05) is 32.8 Å². The second kappa shape index (κ2) is 5.98. The number of sulfonamides is 1. The summed E-state index contributed by atoms with van der Waals surface area (Å²) in [5.41, 5.74) is 1.16. The topological polar surface area (TPSA) is 78.5 Å². The molecule has 1 aromatic carbocycles. The molecule has 0 spiro atoms. The quantitative estimate of drug-likeness (QED) is 0.851. The summed E-state index contributed by atoms with van der Waals surface area (Å²) in [5.74, 6) is -0.0442. The summed E-state index contributed by atoms with van der Waals surface area (Å²) in [5, 5.41) is 2.79. The fourth-order valence-electron chi connectivity index (χ4n) is 2.54. The van der Waals surface area contributed by atoms with Crippen LogP contribution >= 0.6 is 0 Å². The lowest BCUT2D eigenvalue weighted by molar-refractivity contribution is -0.117. The number of rotatable bonds is 5. The molecule has 0 atom stereocenters. The average molecular weight is 325 g/mol. The molecule has 0 saturated carbocycles. The lowest BCUT2D eigenvalue weighted by Crippen LogP contribution is -2.34. The summed E-state index contributed by atoms with van der Waals surface area (Å²) in [6, 6.07) is 4.85. The van der Waals surface area contributed by atoms with Crippen LogP contribution in [0, 0.1) is 0 Å². The Morgan fingerprint density at radius 2 is 2.00 bits per heavy atom. The van der Waals surface area contributed by atoms with Crippen LogP contribution < -0.4 is 10.0 Å². The first-order chi connectivity index (χ1) is 10.1. The van der Waals surface area contributed by atoms with E-state index >= 15 is 0 Å². The van der Waals surface area contributed by atoms with Crippen LogP contribution in [0.25, 0.3) is 0 Å².